The maximum atomic E-state index is 12.8. The molecule has 0 aliphatic carbocycles. The van der Waals surface area contributed by atoms with Gasteiger partial charge in [0.2, 0.25) is 11.8 Å². The zero-order chi connectivity index (χ0) is 19.5. The van der Waals surface area contributed by atoms with Gasteiger partial charge in [-0.2, -0.15) is 0 Å². The van der Waals surface area contributed by atoms with Crippen LogP contribution >= 0.6 is 0 Å². The summed E-state index contributed by atoms with van der Waals surface area (Å²) in [6.45, 7) is 5.66. The number of amides is 1. The number of carbonyl (C=O) groups excluding carboxylic acids is 1. The molecule has 0 saturated carbocycles. The number of hydrogen-bond donors (Lipinski definition) is 0. The number of aryl methyl sites for hydroxylation is 2. The van der Waals surface area contributed by atoms with E-state index in [0.717, 1.165) is 49.0 Å². The van der Waals surface area contributed by atoms with E-state index in [0.29, 0.717) is 17.7 Å². The van der Waals surface area contributed by atoms with Gasteiger partial charge >= 0.3 is 0 Å². The van der Waals surface area contributed by atoms with Gasteiger partial charge in [0.15, 0.2) is 0 Å². The van der Waals surface area contributed by atoms with Crippen LogP contribution in [0.2, 0.25) is 0 Å². The predicted molar refractivity (Wildman–Crippen MR) is 108 cm³/mol. The zero-order valence-electron chi connectivity index (χ0n) is 16.4. The average molecular weight is 375 g/mol. The minimum absolute atomic E-state index is 0.130. The lowest BCUT2D eigenvalue weighted by molar-refractivity contribution is 0.0688. The molecule has 1 saturated heterocycles. The first-order chi connectivity index (χ1) is 13.6. The van der Waals surface area contributed by atoms with Crippen LogP contribution in [0.3, 0.4) is 0 Å². The number of carbonyl (C=O) groups is 1. The summed E-state index contributed by atoms with van der Waals surface area (Å²) in [5, 5.41) is 8.38. The van der Waals surface area contributed by atoms with Gasteiger partial charge in [0.05, 0.1) is 0 Å². The first kappa shape index (κ1) is 18.4. The molecular formula is C23H25N3O2. The van der Waals surface area contributed by atoms with E-state index in [1.54, 1.807) is 0 Å². The van der Waals surface area contributed by atoms with Crippen molar-refractivity contribution in [2.24, 2.45) is 5.92 Å². The molecule has 3 aromatic rings. The Labute approximate surface area is 165 Å². The van der Waals surface area contributed by atoms with Crippen LogP contribution in [0.5, 0.6) is 0 Å². The largest absolute Gasteiger partial charge is 0.421 e. The SMILES string of the molecule is Cc1ccc(C(=O)N2CCC(Cc3nnc(-c4ccccc4)o3)CC2)cc1C. The molecule has 2 heterocycles. The van der Waals surface area contributed by atoms with Crippen molar-refractivity contribution in [2.45, 2.75) is 33.1 Å². The topological polar surface area (TPSA) is 59.2 Å². The summed E-state index contributed by atoms with van der Waals surface area (Å²) < 4.78 is 5.84. The molecule has 0 bridgehead atoms. The van der Waals surface area contributed by atoms with E-state index >= 15 is 0 Å². The van der Waals surface area contributed by atoms with Crippen LogP contribution in [0.25, 0.3) is 11.5 Å². The Morgan fingerprint density at radius 2 is 1.79 bits per heavy atom. The van der Waals surface area contributed by atoms with Crippen LogP contribution < -0.4 is 0 Å². The highest BCUT2D eigenvalue weighted by Crippen LogP contribution is 2.25. The normalized spacial score (nSPS) is 15.0. The molecule has 1 aliphatic heterocycles. The summed E-state index contributed by atoms with van der Waals surface area (Å²) in [7, 11) is 0. The minimum Gasteiger partial charge on any atom is -0.421 e. The summed E-state index contributed by atoms with van der Waals surface area (Å²) >= 11 is 0. The number of piperidine rings is 1. The van der Waals surface area contributed by atoms with E-state index in [4.69, 9.17) is 4.42 Å². The number of nitrogens with zero attached hydrogens (tertiary/aromatic N) is 3. The van der Waals surface area contributed by atoms with Gasteiger partial charge in [-0.25, -0.2) is 0 Å². The molecular weight excluding hydrogens is 350 g/mol. The lowest BCUT2D eigenvalue weighted by atomic mass is 9.93. The van der Waals surface area contributed by atoms with Crippen molar-refractivity contribution in [2.75, 3.05) is 13.1 Å². The third kappa shape index (κ3) is 3.98. The van der Waals surface area contributed by atoms with Crippen molar-refractivity contribution in [1.29, 1.82) is 0 Å². The Hall–Kier alpha value is -2.95. The Bertz CT molecular complexity index is 957. The van der Waals surface area contributed by atoms with E-state index in [1.165, 1.54) is 5.56 Å². The van der Waals surface area contributed by atoms with Gasteiger partial charge in [0.25, 0.3) is 5.91 Å². The smallest absolute Gasteiger partial charge is 0.253 e. The molecule has 1 amide bonds. The fraction of sp³-hybridized carbons (Fsp3) is 0.348. The molecule has 1 aliphatic rings. The van der Waals surface area contributed by atoms with Crippen LogP contribution in [0, 0.1) is 19.8 Å². The predicted octanol–water partition coefficient (Wildman–Crippen LogP) is 4.45. The lowest BCUT2D eigenvalue weighted by Crippen LogP contribution is -2.39. The molecule has 0 unspecified atom stereocenters. The third-order valence-corrected chi connectivity index (χ3v) is 5.61. The molecule has 0 radical (unpaired) electrons. The molecule has 2 aromatic carbocycles. The fourth-order valence-electron chi connectivity index (χ4n) is 3.68. The number of likely N-dealkylation sites (tertiary alicyclic amines) is 1. The van der Waals surface area contributed by atoms with E-state index in [-0.39, 0.29) is 5.91 Å². The summed E-state index contributed by atoms with van der Waals surface area (Å²) in [5.74, 6) is 1.84. The fourth-order valence-corrected chi connectivity index (χ4v) is 3.68. The highest BCUT2D eigenvalue weighted by Gasteiger charge is 2.25. The third-order valence-electron chi connectivity index (χ3n) is 5.61. The first-order valence-electron chi connectivity index (χ1n) is 9.84. The minimum atomic E-state index is 0.130. The van der Waals surface area contributed by atoms with Gasteiger partial charge in [-0.15, -0.1) is 10.2 Å². The van der Waals surface area contributed by atoms with E-state index < -0.39 is 0 Å². The lowest BCUT2D eigenvalue weighted by Gasteiger charge is -2.31. The molecule has 0 N–H and O–H groups in total. The highest BCUT2D eigenvalue weighted by atomic mass is 16.4. The number of aromatic nitrogens is 2. The second-order valence-corrected chi connectivity index (χ2v) is 7.61. The molecule has 144 valence electrons. The summed E-state index contributed by atoms with van der Waals surface area (Å²) in [6, 6.07) is 15.8. The van der Waals surface area contributed by atoms with Crippen molar-refractivity contribution in [3.63, 3.8) is 0 Å². The van der Waals surface area contributed by atoms with Crippen LogP contribution in [0.4, 0.5) is 0 Å². The van der Waals surface area contributed by atoms with E-state index in [9.17, 15) is 4.79 Å². The second-order valence-electron chi connectivity index (χ2n) is 7.61. The average Bonchev–Trinajstić information content (AvgIpc) is 3.19. The monoisotopic (exact) mass is 375 g/mol. The summed E-state index contributed by atoms with van der Waals surface area (Å²) in [4.78, 5) is 14.7. The highest BCUT2D eigenvalue weighted by molar-refractivity contribution is 5.94. The quantitative estimate of drug-likeness (QED) is 0.676. The summed E-state index contributed by atoms with van der Waals surface area (Å²) in [6.07, 6.45) is 2.69. The van der Waals surface area contributed by atoms with Crippen molar-refractivity contribution in [3.05, 3.63) is 71.1 Å². The standard InChI is InChI=1S/C23H25N3O2/c1-16-8-9-20(14-17(16)2)23(27)26-12-10-18(11-13-26)15-21-24-25-22(28-21)19-6-4-3-5-7-19/h3-9,14,18H,10-13,15H2,1-2H3. The van der Waals surface area contributed by atoms with Gasteiger partial charge in [-0.1, -0.05) is 24.3 Å². The van der Waals surface area contributed by atoms with Gasteiger partial charge in [0, 0.05) is 30.6 Å². The van der Waals surface area contributed by atoms with Gasteiger partial charge in [0.1, 0.15) is 0 Å². The van der Waals surface area contributed by atoms with Gasteiger partial charge in [-0.3, -0.25) is 4.79 Å². The molecule has 5 nitrogen and oxygen atoms in total. The molecule has 28 heavy (non-hydrogen) atoms. The number of benzene rings is 2. The van der Waals surface area contributed by atoms with Gasteiger partial charge in [-0.05, 0) is 68.0 Å². The molecule has 1 aromatic heterocycles. The maximum absolute atomic E-state index is 12.8. The Morgan fingerprint density at radius 3 is 2.50 bits per heavy atom. The van der Waals surface area contributed by atoms with Crippen molar-refractivity contribution < 1.29 is 9.21 Å². The Morgan fingerprint density at radius 1 is 1.04 bits per heavy atom. The molecule has 0 atom stereocenters. The zero-order valence-corrected chi connectivity index (χ0v) is 16.4. The van der Waals surface area contributed by atoms with Crippen LogP contribution in [0.1, 0.15) is 40.2 Å². The maximum Gasteiger partial charge on any atom is 0.253 e. The first-order valence-corrected chi connectivity index (χ1v) is 9.84. The molecule has 4 rings (SSSR count). The van der Waals surface area contributed by atoms with Crippen molar-refractivity contribution >= 4 is 5.91 Å². The van der Waals surface area contributed by atoms with Gasteiger partial charge < -0.3 is 9.32 Å². The van der Waals surface area contributed by atoms with E-state index in [2.05, 4.69) is 17.1 Å². The number of rotatable bonds is 4. The van der Waals surface area contributed by atoms with Crippen LogP contribution in [-0.2, 0) is 6.42 Å². The molecule has 0 spiro atoms. The van der Waals surface area contributed by atoms with Crippen molar-refractivity contribution in [3.8, 4) is 11.5 Å². The summed E-state index contributed by atoms with van der Waals surface area (Å²) in [5.41, 5.74) is 4.09. The van der Waals surface area contributed by atoms with Crippen LogP contribution in [0.15, 0.2) is 52.9 Å². The second kappa shape index (κ2) is 7.97. The Kier molecular flexibility index (Phi) is 5.24. The van der Waals surface area contributed by atoms with Crippen molar-refractivity contribution in [1.82, 2.24) is 15.1 Å². The van der Waals surface area contributed by atoms with Crippen LogP contribution in [-0.4, -0.2) is 34.1 Å². The molecule has 5 heteroatoms. The Balaban J connectivity index is 1.34. The van der Waals surface area contributed by atoms with E-state index in [1.807, 2.05) is 60.4 Å². The number of hydrogen-bond acceptors (Lipinski definition) is 4. The molecule has 1 fully saturated rings.